The van der Waals surface area contributed by atoms with E-state index in [2.05, 4.69) is 0 Å². The van der Waals surface area contributed by atoms with Crippen molar-refractivity contribution in [1.29, 1.82) is 0 Å². The summed E-state index contributed by atoms with van der Waals surface area (Å²) in [6.07, 6.45) is -0.900. The monoisotopic (exact) mass is 250 g/mol. The highest BCUT2D eigenvalue weighted by Gasteiger charge is 2.15. The van der Waals surface area contributed by atoms with E-state index in [4.69, 9.17) is 4.74 Å². The molecule has 0 bridgehead atoms. The molecule has 0 spiro atoms. The largest absolute Gasteiger partial charge is 0.451 e. The van der Waals surface area contributed by atoms with Crippen LogP contribution in [0.1, 0.15) is 18.6 Å². The van der Waals surface area contributed by atoms with Gasteiger partial charge in [-0.1, -0.05) is 24.3 Å². The third kappa shape index (κ3) is 2.49. The van der Waals surface area contributed by atoms with Gasteiger partial charge in [-0.25, -0.2) is 8.78 Å². The number of halogens is 2. The zero-order valence-corrected chi connectivity index (χ0v) is 9.73. The number of aliphatic hydroxyl groups excluding tert-OH is 1. The Kier molecular flexibility index (Phi) is 3.58. The van der Waals surface area contributed by atoms with Gasteiger partial charge in [-0.15, -0.1) is 0 Å². The minimum atomic E-state index is -0.900. The maximum absolute atomic E-state index is 13.7. The van der Waals surface area contributed by atoms with Crippen molar-refractivity contribution in [2.24, 2.45) is 0 Å². The van der Waals surface area contributed by atoms with Crippen molar-refractivity contribution in [3.05, 3.63) is 59.7 Å². The Hall–Kier alpha value is -1.94. The van der Waals surface area contributed by atoms with Crippen molar-refractivity contribution in [3.8, 4) is 11.5 Å². The molecule has 2 nitrogen and oxygen atoms in total. The van der Waals surface area contributed by atoms with Gasteiger partial charge in [0.25, 0.3) is 0 Å². The second-order valence-electron chi connectivity index (χ2n) is 3.87. The molecule has 0 saturated heterocycles. The lowest BCUT2D eigenvalue weighted by molar-refractivity contribution is 0.194. The van der Waals surface area contributed by atoms with Crippen molar-refractivity contribution in [2.75, 3.05) is 0 Å². The molecule has 0 aromatic heterocycles. The third-order valence-corrected chi connectivity index (χ3v) is 2.50. The van der Waals surface area contributed by atoms with Crippen molar-refractivity contribution in [2.45, 2.75) is 13.0 Å². The first kappa shape index (κ1) is 12.5. The van der Waals surface area contributed by atoms with Crippen molar-refractivity contribution >= 4 is 0 Å². The van der Waals surface area contributed by atoms with Gasteiger partial charge in [-0.05, 0) is 25.1 Å². The van der Waals surface area contributed by atoms with Crippen LogP contribution in [0.25, 0.3) is 0 Å². The predicted molar refractivity (Wildman–Crippen MR) is 63.5 cm³/mol. The smallest absolute Gasteiger partial charge is 0.168 e. The molecule has 1 N–H and O–H groups in total. The van der Waals surface area contributed by atoms with Gasteiger partial charge in [-0.3, -0.25) is 0 Å². The summed E-state index contributed by atoms with van der Waals surface area (Å²) in [6.45, 7) is 1.49. The summed E-state index contributed by atoms with van der Waals surface area (Å²) in [5.74, 6) is -1.46. The molecule has 2 rings (SSSR count). The zero-order valence-electron chi connectivity index (χ0n) is 9.73. The topological polar surface area (TPSA) is 29.5 Å². The van der Waals surface area contributed by atoms with Crippen LogP contribution in [0.5, 0.6) is 11.5 Å². The van der Waals surface area contributed by atoms with Gasteiger partial charge in [0, 0.05) is 5.56 Å². The lowest BCUT2D eigenvalue weighted by atomic mass is 10.1. The molecule has 0 heterocycles. The maximum Gasteiger partial charge on any atom is 0.168 e. The Morgan fingerprint density at radius 3 is 2.33 bits per heavy atom. The highest BCUT2D eigenvalue weighted by molar-refractivity contribution is 5.40. The van der Waals surface area contributed by atoms with Crippen LogP contribution >= 0.6 is 0 Å². The fourth-order valence-electron chi connectivity index (χ4n) is 1.60. The van der Waals surface area contributed by atoms with Gasteiger partial charge < -0.3 is 9.84 Å². The molecule has 2 aromatic rings. The van der Waals surface area contributed by atoms with Crippen molar-refractivity contribution in [3.63, 3.8) is 0 Å². The van der Waals surface area contributed by atoms with E-state index in [1.807, 2.05) is 0 Å². The fraction of sp³-hybridized carbons (Fsp3) is 0.143. The van der Waals surface area contributed by atoms with Crippen molar-refractivity contribution in [1.82, 2.24) is 0 Å². The zero-order chi connectivity index (χ0) is 13.1. The van der Waals surface area contributed by atoms with Gasteiger partial charge >= 0.3 is 0 Å². The highest BCUT2D eigenvalue weighted by atomic mass is 19.1. The molecule has 1 atom stereocenters. The van der Waals surface area contributed by atoms with E-state index >= 15 is 0 Å². The molecule has 2 aromatic carbocycles. The molecule has 0 aliphatic rings. The number of para-hydroxylation sites is 2. The Labute approximate surface area is 103 Å². The number of hydrogen-bond acceptors (Lipinski definition) is 2. The van der Waals surface area contributed by atoms with Crippen LogP contribution in [0.15, 0.2) is 42.5 Å². The number of aliphatic hydroxyl groups is 1. The Morgan fingerprint density at radius 2 is 1.67 bits per heavy atom. The molecule has 94 valence electrons. The molecule has 4 heteroatoms. The first-order valence-electron chi connectivity index (χ1n) is 5.48. The molecule has 1 unspecified atom stereocenters. The van der Waals surface area contributed by atoms with Gasteiger partial charge in [0.15, 0.2) is 23.1 Å². The minimum Gasteiger partial charge on any atom is -0.451 e. The van der Waals surface area contributed by atoms with Crippen LogP contribution in [-0.2, 0) is 0 Å². The predicted octanol–water partition coefficient (Wildman–Crippen LogP) is 3.81. The summed E-state index contributed by atoms with van der Waals surface area (Å²) in [5, 5.41) is 9.54. The number of benzene rings is 2. The summed E-state index contributed by atoms with van der Waals surface area (Å²) in [7, 11) is 0. The molecular formula is C14H12F2O2. The van der Waals surface area contributed by atoms with Gasteiger partial charge in [-0.2, -0.15) is 0 Å². The van der Waals surface area contributed by atoms with Crippen LogP contribution in [-0.4, -0.2) is 5.11 Å². The molecule has 0 aliphatic carbocycles. The second kappa shape index (κ2) is 5.14. The Morgan fingerprint density at radius 1 is 1.00 bits per heavy atom. The standard InChI is InChI=1S/C14H12F2O2/c1-9(17)10-5-4-7-12(16)14(10)18-13-8-3-2-6-11(13)15/h2-9,17H,1H3. The van der Waals surface area contributed by atoms with E-state index in [1.54, 1.807) is 6.07 Å². The Balaban J connectivity index is 2.43. The van der Waals surface area contributed by atoms with Gasteiger partial charge in [0.05, 0.1) is 6.10 Å². The lowest BCUT2D eigenvalue weighted by Crippen LogP contribution is -1.99. The van der Waals surface area contributed by atoms with Crippen LogP contribution < -0.4 is 4.74 Å². The fourth-order valence-corrected chi connectivity index (χ4v) is 1.60. The number of ether oxygens (including phenoxy) is 1. The lowest BCUT2D eigenvalue weighted by Gasteiger charge is -2.14. The molecule has 0 aliphatic heterocycles. The first-order valence-corrected chi connectivity index (χ1v) is 5.48. The van der Waals surface area contributed by atoms with Crippen LogP contribution in [0, 0.1) is 11.6 Å². The molecule has 0 saturated carbocycles. The number of rotatable bonds is 3. The maximum atomic E-state index is 13.7. The quantitative estimate of drug-likeness (QED) is 0.897. The summed E-state index contributed by atoms with van der Waals surface area (Å²) >= 11 is 0. The highest BCUT2D eigenvalue weighted by Crippen LogP contribution is 2.33. The summed E-state index contributed by atoms with van der Waals surface area (Å²) in [5.41, 5.74) is 0.276. The minimum absolute atomic E-state index is 0.0792. The molecule has 0 fully saturated rings. The van der Waals surface area contributed by atoms with Gasteiger partial charge in [0.1, 0.15) is 0 Å². The Bertz CT molecular complexity index is 553. The first-order chi connectivity index (χ1) is 8.59. The van der Waals surface area contributed by atoms with E-state index in [0.29, 0.717) is 0 Å². The second-order valence-corrected chi connectivity index (χ2v) is 3.87. The average molecular weight is 250 g/mol. The third-order valence-electron chi connectivity index (χ3n) is 2.50. The summed E-state index contributed by atoms with van der Waals surface area (Å²) in [6, 6.07) is 9.91. The van der Waals surface area contributed by atoms with E-state index in [9.17, 15) is 13.9 Å². The van der Waals surface area contributed by atoms with E-state index in [1.165, 1.54) is 43.3 Å². The molecular weight excluding hydrogens is 238 g/mol. The molecule has 18 heavy (non-hydrogen) atoms. The molecule has 0 amide bonds. The van der Waals surface area contributed by atoms with E-state index in [-0.39, 0.29) is 17.1 Å². The summed E-state index contributed by atoms with van der Waals surface area (Å²) in [4.78, 5) is 0. The van der Waals surface area contributed by atoms with Crippen LogP contribution in [0.3, 0.4) is 0 Å². The van der Waals surface area contributed by atoms with E-state index < -0.39 is 17.7 Å². The average Bonchev–Trinajstić information content (AvgIpc) is 2.34. The summed E-state index contributed by atoms with van der Waals surface area (Å²) < 4.78 is 32.3. The SMILES string of the molecule is CC(O)c1cccc(F)c1Oc1ccccc1F. The number of hydrogen-bond donors (Lipinski definition) is 1. The van der Waals surface area contributed by atoms with Crippen LogP contribution in [0.4, 0.5) is 8.78 Å². The van der Waals surface area contributed by atoms with Gasteiger partial charge in [0.2, 0.25) is 0 Å². The van der Waals surface area contributed by atoms with Crippen LogP contribution in [0.2, 0.25) is 0 Å². The van der Waals surface area contributed by atoms with Crippen molar-refractivity contribution < 1.29 is 18.6 Å². The normalized spacial score (nSPS) is 12.2. The van der Waals surface area contributed by atoms with E-state index in [0.717, 1.165) is 0 Å². The molecule has 0 radical (unpaired) electrons.